The largest absolute Gasteiger partial charge is 0.491 e. The van der Waals surface area contributed by atoms with E-state index in [2.05, 4.69) is 48.5 Å². The molecule has 7 rings (SSSR count). The van der Waals surface area contributed by atoms with Crippen LogP contribution in [0, 0.1) is 0 Å². The molecular formula is C28H22O5. The van der Waals surface area contributed by atoms with Crippen molar-refractivity contribution in [3.05, 3.63) is 73.0 Å². The lowest BCUT2D eigenvalue weighted by Gasteiger charge is -2.10. The molecule has 0 bridgehead atoms. The Morgan fingerprint density at radius 2 is 1.36 bits per heavy atom. The Labute approximate surface area is 190 Å². The van der Waals surface area contributed by atoms with Crippen LogP contribution in [0.4, 0.5) is 0 Å². The lowest BCUT2D eigenvalue weighted by molar-refractivity contribution is 0.263. The number of rotatable bonds is 7. The summed E-state index contributed by atoms with van der Waals surface area (Å²) >= 11 is 0. The van der Waals surface area contributed by atoms with Gasteiger partial charge in [-0.2, -0.15) is 0 Å². The van der Waals surface area contributed by atoms with E-state index in [1.54, 1.807) is 0 Å². The Kier molecular flexibility index (Phi) is 4.32. The molecule has 2 unspecified atom stereocenters. The second-order valence-electron chi connectivity index (χ2n) is 8.66. The Morgan fingerprint density at radius 1 is 0.697 bits per heavy atom. The molecule has 164 valence electrons. The van der Waals surface area contributed by atoms with Crippen molar-refractivity contribution in [3.63, 3.8) is 0 Å². The van der Waals surface area contributed by atoms with E-state index in [9.17, 15) is 0 Å². The summed E-state index contributed by atoms with van der Waals surface area (Å²) in [5.74, 6) is 1.70. The SMILES string of the molecule is c1ccc2c(c1)c1cc(OCC3CO3)ccc1c1occ(-c3ccc(OCC4CO4)cc3)c21. The van der Waals surface area contributed by atoms with Gasteiger partial charge in [-0.1, -0.05) is 36.4 Å². The summed E-state index contributed by atoms with van der Waals surface area (Å²) in [6.45, 7) is 2.77. The highest BCUT2D eigenvalue weighted by Gasteiger charge is 2.24. The van der Waals surface area contributed by atoms with Gasteiger partial charge in [-0.3, -0.25) is 0 Å². The summed E-state index contributed by atoms with van der Waals surface area (Å²) in [5.41, 5.74) is 3.06. The van der Waals surface area contributed by atoms with Crippen LogP contribution in [0.5, 0.6) is 11.5 Å². The van der Waals surface area contributed by atoms with Gasteiger partial charge in [0.15, 0.2) is 0 Å². The third-order valence-corrected chi connectivity index (χ3v) is 6.36. The average molecular weight is 438 g/mol. The molecule has 3 heterocycles. The summed E-state index contributed by atoms with van der Waals surface area (Å²) in [4.78, 5) is 0. The second kappa shape index (κ2) is 7.51. The summed E-state index contributed by atoms with van der Waals surface area (Å²) in [7, 11) is 0. The minimum atomic E-state index is 0.228. The third-order valence-electron chi connectivity index (χ3n) is 6.36. The Hall–Kier alpha value is -3.54. The zero-order chi connectivity index (χ0) is 21.8. The maximum absolute atomic E-state index is 6.18. The number of fused-ring (bicyclic) bond motifs is 6. The quantitative estimate of drug-likeness (QED) is 0.232. The van der Waals surface area contributed by atoms with Gasteiger partial charge in [-0.25, -0.2) is 0 Å². The van der Waals surface area contributed by atoms with E-state index in [1.807, 2.05) is 24.5 Å². The molecule has 33 heavy (non-hydrogen) atoms. The standard InChI is InChI=1S/C28H22O5/c1-2-4-23-22(3-1)25-11-19(30-13-21-15-32-21)9-10-24(25)28-27(23)26(16-33-28)17-5-7-18(8-6-17)29-12-20-14-31-20/h1-11,16,20-21H,12-15H2. The minimum Gasteiger partial charge on any atom is -0.491 e. The molecule has 0 spiro atoms. The van der Waals surface area contributed by atoms with Crippen LogP contribution in [0.15, 0.2) is 77.4 Å². The van der Waals surface area contributed by atoms with E-state index in [4.69, 9.17) is 23.4 Å². The van der Waals surface area contributed by atoms with Crippen molar-refractivity contribution in [3.8, 4) is 22.6 Å². The van der Waals surface area contributed by atoms with Crippen molar-refractivity contribution in [2.75, 3.05) is 26.4 Å². The van der Waals surface area contributed by atoms with Crippen LogP contribution < -0.4 is 9.47 Å². The molecule has 5 heteroatoms. The molecule has 0 amide bonds. The van der Waals surface area contributed by atoms with Crippen molar-refractivity contribution in [1.29, 1.82) is 0 Å². The molecule has 0 saturated carbocycles. The van der Waals surface area contributed by atoms with Crippen molar-refractivity contribution in [2.45, 2.75) is 12.2 Å². The van der Waals surface area contributed by atoms with E-state index in [1.165, 1.54) is 5.39 Å². The number of ether oxygens (including phenoxy) is 4. The highest BCUT2D eigenvalue weighted by molar-refractivity contribution is 6.27. The molecule has 0 radical (unpaired) electrons. The highest BCUT2D eigenvalue weighted by atomic mass is 16.6. The molecule has 2 saturated heterocycles. The number of epoxide rings is 2. The first kappa shape index (κ1) is 19.0. The Bertz CT molecular complexity index is 1480. The van der Waals surface area contributed by atoms with E-state index >= 15 is 0 Å². The van der Waals surface area contributed by atoms with Gasteiger partial charge < -0.3 is 23.4 Å². The molecule has 2 fully saturated rings. The Balaban J connectivity index is 1.34. The van der Waals surface area contributed by atoms with Gasteiger partial charge in [-0.15, -0.1) is 0 Å². The van der Waals surface area contributed by atoms with Crippen LogP contribution in [0.25, 0.3) is 43.6 Å². The molecule has 0 aliphatic carbocycles. The van der Waals surface area contributed by atoms with Crippen molar-refractivity contribution in [2.24, 2.45) is 0 Å². The summed E-state index contributed by atoms with van der Waals surface area (Å²) in [6, 6.07) is 22.9. The average Bonchev–Trinajstić information content (AvgIpc) is 3.80. The number of hydrogen-bond acceptors (Lipinski definition) is 5. The fraction of sp³-hybridized carbons (Fsp3) is 0.214. The van der Waals surface area contributed by atoms with E-state index in [0.29, 0.717) is 13.2 Å². The van der Waals surface area contributed by atoms with Gasteiger partial charge in [0.2, 0.25) is 0 Å². The molecule has 2 aliphatic heterocycles. The Morgan fingerprint density at radius 3 is 2.09 bits per heavy atom. The lowest BCUT2D eigenvalue weighted by atomic mass is 9.94. The lowest BCUT2D eigenvalue weighted by Crippen LogP contribution is -2.03. The first-order valence-electron chi connectivity index (χ1n) is 11.3. The first-order valence-corrected chi connectivity index (χ1v) is 11.3. The monoisotopic (exact) mass is 438 g/mol. The van der Waals surface area contributed by atoms with Crippen LogP contribution in [0.1, 0.15) is 0 Å². The molecule has 1 aromatic heterocycles. The van der Waals surface area contributed by atoms with Crippen LogP contribution in [0.3, 0.4) is 0 Å². The van der Waals surface area contributed by atoms with Crippen LogP contribution in [0.2, 0.25) is 0 Å². The highest BCUT2D eigenvalue weighted by Crippen LogP contribution is 2.42. The van der Waals surface area contributed by atoms with Gasteiger partial charge in [0.1, 0.15) is 42.5 Å². The third kappa shape index (κ3) is 3.50. The summed E-state index contributed by atoms with van der Waals surface area (Å²) in [5, 5.41) is 5.67. The zero-order valence-corrected chi connectivity index (χ0v) is 18.0. The van der Waals surface area contributed by atoms with Crippen molar-refractivity contribution < 1.29 is 23.4 Å². The topological polar surface area (TPSA) is 56.7 Å². The molecule has 5 nitrogen and oxygen atoms in total. The van der Waals surface area contributed by atoms with E-state index < -0.39 is 0 Å². The van der Waals surface area contributed by atoms with Gasteiger partial charge in [0.05, 0.1) is 19.5 Å². The molecule has 2 aliphatic rings. The van der Waals surface area contributed by atoms with Gasteiger partial charge in [0.25, 0.3) is 0 Å². The van der Waals surface area contributed by atoms with Crippen LogP contribution >= 0.6 is 0 Å². The maximum atomic E-state index is 6.18. The van der Waals surface area contributed by atoms with Crippen LogP contribution in [-0.2, 0) is 9.47 Å². The number of benzene rings is 4. The molecule has 0 N–H and O–H groups in total. The van der Waals surface area contributed by atoms with Gasteiger partial charge in [-0.05, 0) is 52.1 Å². The number of hydrogen-bond donors (Lipinski definition) is 0. The fourth-order valence-corrected chi connectivity index (χ4v) is 4.44. The van der Waals surface area contributed by atoms with Crippen molar-refractivity contribution >= 4 is 32.5 Å². The zero-order valence-electron chi connectivity index (χ0n) is 18.0. The van der Waals surface area contributed by atoms with Crippen LogP contribution in [-0.4, -0.2) is 38.6 Å². The predicted molar refractivity (Wildman–Crippen MR) is 127 cm³/mol. The van der Waals surface area contributed by atoms with Crippen molar-refractivity contribution in [1.82, 2.24) is 0 Å². The molecular weight excluding hydrogens is 416 g/mol. The molecule has 2 atom stereocenters. The summed E-state index contributed by atoms with van der Waals surface area (Å²) in [6.07, 6.45) is 2.33. The first-order chi connectivity index (χ1) is 16.3. The summed E-state index contributed by atoms with van der Waals surface area (Å²) < 4.78 is 28.4. The number of furan rings is 1. The van der Waals surface area contributed by atoms with E-state index in [0.717, 1.165) is 63.0 Å². The minimum absolute atomic E-state index is 0.228. The normalized spacial score (nSPS) is 19.3. The molecule has 5 aromatic rings. The maximum Gasteiger partial charge on any atom is 0.142 e. The van der Waals surface area contributed by atoms with E-state index in [-0.39, 0.29) is 12.2 Å². The van der Waals surface area contributed by atoms with Gasteiger partial charge in [0, 0.05) is 16.3 Å². The fourth-order valence-electron chi connectivity index (χ4n) is 4.44. The smallest absolute Gasteiger partial charge is 0.142 e. The predicted octanol–water partition coefficient (Wildman–Crippen LogP) is 5.96. The van der Waals surface area contributed by atoms with Gasteiger partial charge >= 0.3 is 0 Å². The second-order valence-corrected chi connectivity index (χ2v) is 8.66. The molecule has 4 aromatic carbocycles.